The zero-order valence-electron chi connectivity index (χ0n) is 15.5. The van der Waals surface area contributed by atoms with E-state index >= 15 is 0 Å². The maximum absolute atomic E-state index is 13.2. The lowest BCUT2D eigenvalue weighted by Crippen LogP contribution is -2.44. The quantitative estimate of drug-likeness (QED) is 0.755. The molecule has 1 heterocycles. The van der Waals surface area contributed by atoms with Crippen LogP contribution in [0.25, 0.3) is 0 Å². The summed E-state index contributed by atoms with van der Waals surface area (Å²) in [4.78, 5) is 13.3. The van der Waals surface area contributed by atoms with Crippen LogP contribution in [-0.4, -0.2) is 27.0 Å². The molecule has 0 saturated heterocycles. The third kappa shape index (κ3) is 5.11. The van der Waals surface area contributed by atoms with Crippen LogP contribution in [-0.2, 0) is 9.84 Å². The van der Waals surface area contributed by atoms with Gasteiger partial charge in [-0.05, 0) is 43.3 Å². The van der Waals surface area contributed by atoms with Crippen molar-refractivity contribution in [3.8, 4) is 0 Å². The van der Waals surface area contributed by atoms with E-state index in [1.54, 1.807) is 24.3 Å². The van der Waals surface area contributed by atoms with Gasteiger partial charge < -0.3 is 10.6 Å². The molecule has 3 rings (SSSR count). The highest BCUT2D eigenvalue weighted by Gasteiger charge is 2.30. The van der Waals surface area contributed by atoms with E-state index in [1.165, 1.54) is 17.8 Å². The summed E-state index contributed by atoms with van der Waals surface area (Å²) < 4.78 is 26.4. The summed E-state index contributed by atoms with van der Waals surface area (Å²) in [7, 11) is -3.60. The number of carbonyl (C=O) groups is 1. The first kappa shape index (κ1) is 19.9. The van der Waals surface area contributed by atoms with E-state index in [2.05, 4.69) is 10.6 Å². The second-order valence-corrected chi connectivity index (χ2v) is 10.2. The molecule has 146 valence electrons. The Hall–Kier alpha value is -1.86. The van der Waals surface area contributed by atoms with Gasteiger partial charge >= 0.3 is 6.03 Å². The molecule has 1 unspecified atom stereocenters. The van der Waals surface area contributed by atoms with E-state index in [0.29, 0.717) is 0 Å². The molecule has 0 bridgehead atoms. The third-order valence-corrected chi connectivity index (χ3v) is 8.21. The van der Waals surface area contributed by atoms with Crippen LogP contribution in [0.4, 0.5) is 4.79 Å². The van der Waals surface area contributed by atoms with Crippen molar-refractivity contribution < 1.29 is 13.2 Å². The third-order valence-electron chi connectivity index (χ3n) is 4.97. The molecule has 0 radical (unpaired) electrons. The smallest absolute Gasteiger partial charge is 0.315 e. The van der Waals surface area contributed by atoms with Gasteiger partial charge in [-0.3, -0.25) is 0 Å². The number of nitrogens with one attached hydrogen (secondary N) is 2. The topological polar surface area (TPSA) is 75.3 Å². The Bertz CT molecular complexity index is 840. The van der Waals surface area contributed by atoms with Crippen LogP contribution < -0.4 is 10.6 Å². The first-order valence-electron chi connectivity index (χ1n) is 9.35. The molecule has 1 atom stereocenters. The van der Waals surface area contributed by atoms with Gasteiger partial charge in [0, 0.05) is 17.5 Å². The fourth-order valence-corrected chi connectivity index (χ4v) is 6.18. The van der Waals surface area contributed by atoms with Crippen molar-refractivity contribution in [3.05, 3.63) is 52.2 Å². The maximum Gasteiger partial charge on any atom is 0.315 e. The summed E-state index contributed by atoms with van der Waals surface area (Å²) in [5.74, 6) is 0. The van der Waals surface area contributed by atoms with Crippen LogP contribution in [0.5, 0.6) is 0 Å². The van der Waals surface area contributed by atoms with Crippen molar-refractivity contribution in [2.75, 3.05) is 6.54 Å². The number of benzene rings is 1. The molecular weight excluding hydrogens is 380 g/mol. The van der Waals surface area contributed by atoms with Gasteiger partial charge in [0.25, 0.3) is 0 Å². The molecule has 5 nitrogen and oxygen atoms in total. The highest BCUT2D eigenvalue weighted by Crippen LogP contribution is 2.31. The Labute approximate surface area is 165 Å². The van der Waals surface area contributed by atoms with Gasteiger partial charge in [0.2, 0.25) is 0 Å². The molecule has 2 N–H and O–H groups in total. The molecule has 2 amide bonds. The SMILES string of the molecule is Cc1ccc(S(=O)(=O)C(CNC(=O)NC2CCCCC2)c2cccs2)cc1. The number of hydrogen-bond acceptors (Lipinski definition) is 4. The molecule has 1 aromatic carbocycles. The average molecular weight is 407 g/mol. The summed E-state index contributed by atoms with van der Waals surface area (Å²) in [6.45, 7) is 1.97. The Kier molecular flexibility index (Phi) is 6.55. The van der Waals surface area contributed by atoms with Crippen molar-refractivity contribution in [2.24, 2.45) is 0 Å². The molecule has 1 aliphatic rings. The number of carbonyl (C=O) groups excluding carboxylic acids is 1. The lowest BCUT2D eigenvalue weighted by atomic mass is 9.96. The minimum absolute atomic E-state index is 0.0509. The Morgan fingerprint density at radius 2 is 1.85 bits per heavy atom. The van der Waals surface area contributed by atoms with Gasteiger partial charge in [-0.15, -0.1) is 11.3 Å². The lowest BCUT2D eigenvalue weighted by Gasteiger charge is -2.24. The fourth-order valence-electron chi connectivity index (χ4n) is 3.40. The standard InChI is InChI=1S/C20H26N2O3S2/c1-15-9-11-17(12-10-15)27(24,25)19(18-8-5-13-26-18)14-21-20(23)22-16-6-3-2-4-7-16/h5,8-13,16,19H,2-4,6-7,14H2,1H3,(H2,21,22,23). The van der Waals surface area contributed by atoms with Crippen LogP contribution >= 0.6 is 11.3 Å². The summed E-state index contributed by atoms with van der Waals surface area (Å²) >= 11 is 1.39. The van der Waals surface area contributed by atoms with Crippen molar-refractivity contribution in [1.29, 1.82) is 0 Å². The van der Waals surface area contributed by atoms with E-state index in [1.807, 2.05) is 24.4 Å². The number of aryl methyl sites for hydroxylation is 1. The van der Waals surface area contributed by atoms with Crippen LogP contribution in [0.3, 0.4) is 0 Å². The molecule has 1 saturated carbocycles. The predicted molar refractivity (Wildman–Crippen MR) is 109 cm³/mol. The zero-order valence-corrected chi connectivity index (χ0v) is 17.1. The van der Waals surface area contributed by atoms with Crippen molar-refractivity contribution in [3.63, 3.8) is 0 Å². The molecule has 1 aliphatic carbocycles. The predicted octanol–water partition coefficient (Wildman–Crippen LogP) is 4.20. The highest BCUT2D eigenvalue weighted by atomic mass is 32.2. The number of urea groups is 1. The van der Waals surface area contributed by atoms with Gasteiger partial charge in [-0.2, -0.15) is 0 Å². The van der Waals surface area contributed by atoms with Gasteiger partial charge in [0.15, 0.2) is 9.84 Å². The maximum atomic E-state index is 13.2. The second kappa shape index (κ2) is 8.89. The van der Waals surface area contributed by atoms with Crippen LogP contribution in [0.2, 0.25) is 0 Å². The Morgan fingerprint density at radius 1 is 1.15 bits per heavy atom. The van der Waals surface area contributed by atoms with E-state index in [0.717, 1.165) is 36.1 Å². The Balaban J connectivity index is 1.72. The summed E-state index contributed by atoms with van der Waals surface area (Å²) in [5.41, 5.74) is 1.01. The van der Waals surface area contributed by atoms with E-state index < -0.39 is 15.1 Å². The molecule has 1 aromatic heterocycles. The van der Waals surface area contributed by atoms with Gasteiger partial charge in [-0.1, -0.05) is 43.0 Å². The summed E-state index contributed by atoms with van der Waals surface area (Å²) in [6, 6.07) is 10.4. The highest BCUT2D eigenvalue weighted by molar-refractivity contribution is 7.91. The van der Waals surface area contributed by atoms with Crippen LogP contribution in [0.1, 0.15) is 47.8 Å². The molecule has 0 spiro atoms. The minimum atomic E-state index is -3.60. The second-order valence-electron chi connectivity index (χ2n) is 7.05. The van der Waals surface area contributed by atoms with Crippen molar-refractivity contribution in [1.82, 2.24) is 10.6 Å². The Morgan fingerprint density at radius 3 is 2.48 bits per heavy atom. The molecular formula is C20H26N2O3S2. The molecule has 27 heavy (non-hydrogen) atoms. The van der Waals surface area contributed by atoms with Crippen molar-refractivity contribution >= 4 is 27.2 Å². The van der Waals surface area contributed by atoms with E-state index in [-0.39, 0.29) is 23.5 Å². The summed E-state index contributed by atoms with van der Waals surface area (Å²) in [5, 5.41) is 6.82. The first-order chi connectivity index (χ1) is 13.0. The molecule has 2 aromatic rings. The first-order valence-corrected chi connectivity index (χ1v) is 11.8. The van der Waals surface area contributed by atoms with Gasteiger partial charge in [-0.25, -0.2) is 13.2 Å². The molecule has 7 heteroatoms. The fraction of sp³-hybridized carbons (Fsp3) is 0.450. The number of hydrogen-bond donors (Lipinski definition) is 2. The zero-order chi connectivity index (χ0) is 19.3. The summed E-state index contributed by atoms with van der Waals surface area (Å²) in [6.07, 6.45) is 5.46. The van der Waals surface area contributed by atoms with Gasteiger partial charge in [0.05, 0.1) is 4.90 Å². The lowest BCUT2D eigenvalue weighted by molar-refractivity contribution is 0.232. The minimum Gasteiger partial charge on any atom is -0.336 e. The monoisotopic (exact) mass is 406 g/mol. The van der Waals surface area contributed by atoms with Crippen LogP contribution in [0, 0.1) is 6.92 Å². The molecule has 0 aliphatic heterocycles. The van der Waals surface area contributed by atoms with Gasteiger partial charge in [0.1, 0.15) is 5.25 Å². The van der Waals surface area contributed by atoms with E-state index in [4.69, 9.17) is 0 Å². The normalized spacial score (nSPS) is 16.6. The van der Waals surface area contributed by atoms with Crippen molar-refractivity contribution in [2.45, 2.75) is 55.2 Å². The van der Waals surface area contributed by atoms with E-state index in [9.17, 15) is 13.2 Å². The largest absolute Gasteiger partial charge is 0.336 e. The number of thiophene rings is 1. The number of rotatable bonds is 6. The number of amides is 2. The van der Waals surface area contributed by atoms with Crippen LogP contribution in [0.15, 0.2) is 46.7 Å². The molecule has 1 fully saturated rings. The average Bonchev–Trinajstić information content (AvgIpc) is 3.17. The number of sulfone groups is 1.